The van der Waals surface area contributed by atoms with Crippen molar-refractivity contribution in [2.75, 3.05) is 13.1 Å². The highest BCUT2D eigenvalue weighted by Gasteiger charge is 2.23. The van der Waals surface area contributed by atoms with Crippen molar-refractivity contribution in [3.8, 4) is 0 Å². The summed E-state index contributed by atoms with van der Waals surface area (Å²) in [5.41, 5.74) is -0.661. The van der Waals surface area contributed by atoms with Crippen LogP contribution in [-0.2, 0) is 9.53 Å². The standard InChI is InChI=1S/C13H25N3O5/c1-13(2,3)21-12(19)16-10(11(17)18)6-4-5-7-14-8-9-15-20/h9-10,14,20H,4-8H2,1-3H3,(H,16,19)(H,17,18)/t10-/m0/s1. The second-order valence-corrected chi connectivity index (χ2v) is 5.54. The predicted molar refractivity (Wildman–Crippen MR) is 77.8 cm³/mol. The van der Waals surface area contributed by atoms with E-state index in [9.17, 15) is 9.59 Å². The Bertz CT molecular complexity index is 352. The molecule has 4 N–H and O–H groups in total. The largest absolute Gasteiger partial charge is 0.480 e. The van der Waals surface area contributed by atoms with E-state index in [1.165, 1.54) is 6.21 Å². The Balaban J connectivity index is 3.98. The number of hydrogen-bond acceptors (Lipinski definition) is 6. The lowest BCUT2D eigenvalue weighted by molar-refractivity contribution is -0.139. The van der Waals surface area contributed by atoms with Crippen LogP contribution in [0.15, 0.2) is 5.16 Å². The minimum absolute atomic E-state index is 0.324. The van der Waals surface area contributed by atoms with Gasteiger partial charge in [-0.05, 0) is 46.6 Å². The Morgan fingerprint density at radius 2 is 2.00 bits per heavy atom. The average Bonchev–Trinajstić information content (AvgIpc) is 2.33. The number of hydrogen-bond donors (Lipinski definition) is 4. The van der Waals surface area contributed by atoms with E-state index in [-0.39, 0.29) is 0 Å². The van der Waals surface area contributed by atoms with E-state index in [0.29, 0.717) is 25.9 Å². The third kappa shape index (κ3) is 11.7. The molecule has 0 aromatic heterocycles. The summed E-state index contributed by atoms with van der Waals surface area (Å²) in [6.07, 6.45) is 2.30. The molecular weight excluding hydrogens is 278 g/mol. The predicted octanol–water partition coefficient (Wildman–Crippen LogP) is 1.18. The molecule has 1 amide bonds. The minimum atomic E-state index is -1.08. The highest BCUT2D eigenvalue weighted by atomic mass is 16.6. The van der Waals surface area contributed by atoms with Crippen LogP contribution in [0.3, 0.4) is 0 Å². The first-order valence-corrected chi connectivity index (χ1v) is 6.85. The number of rotatable bonds is 9. The Labute approximate surface area is 124 Å². The van der Waals surface area contributed by atoms with Gasteiger partial charge in [0.15, 0.2) is 0 Å². The molecule has 0 radical (unpaired) electrons. The van der Waals surface area contributed by atoms with Crippen LogP contribution in [0, 0.1) is 0 Å². The second kappa shape index (κ2) is 9.98. The first kappa shape index (κ1) is 19.2. The average molecular weight is 303 g/mol. The molecule has 0 saturated heterocycles. The van der Waals surface area contributed by atoms with Gasteiger partial charge in [-0.2, -0.15) is 0 Å². The van der Waals surface area contributed by atoms with Crippen molar-refractivity contribution in [3.05, 3.63) is 0 Å². The van der Waals surface area contributed by atoms with E-state index in [1.807, 2.05) is 0 Å². The molecule has 0 saturated carbocycles. The van der Waals surface area contributed by atoms with E-state index in [1.54, 1.807) is 20.8 Å². The van der Waals surface area contributed by atoms with E-state index in [0.717, 1.165) is 6.42 Å². The number of oxime groups is 1. The molecule has 0 heterocycles. The van der Waals surface area contributed by atoms with Crippen LogP contribution in [0.25, 0.3) is 0 Å². The van der Waals surface area contributed by atoms with E-state index >= 15 is 0 Å². The van der Waals surface area contributed by atoms with Crippen LogP contribution in [0.2, 0.25) is 0 Å². The van der Waals surface area contributed by atoms with Gasteiger partial charge in [-0.3, -0.25) is 0 Å². The zero-order valence-electron chi connectivity index (χ0n) is 12.8. The fraction of sp³-hybridized carbons (Fsp3) is 0.769. The van der Waals surface area contributed by atoms with Gasteiger partial charge in [-0.15, -0.1) is 5.16 Å². The quantitative estimate of drug-likeness (QED) is 0.220. The van der Waals surface area contributed by atoms with Crippen LogP contribution in [0.1, 0.15) is 40.0 Å². The van der Waals surface area contributed by atoms with E-state index in [2.05, 4.69) is 15.8 Å². The van der Waals surface area contributed by atoms with E-state index in [4.69, 9.17) is 15.1 Å². The summed E-state index contributed by atoms with van der Waals surface area (Å²) in [5, 5.41) is 25.4. The Kier molecular flexibility index (Phi) is 9.11. The number of carbonyl (C=O) groups is 2. The smallest absolute Gasteiger partial charge is 0.408 e. The number of carbonyl (C=O) groups excluding carboxylic acids is 1. The van der Waals surface area contributed by atoms with Crippen LogP contribution in [0.4, 0.5) is 4.79 Å². The number of carboxylic acids is 1. The number of unbranched alkanes of at least 4 members (excludes halogenated alkanes) is 1. The highest BCUT2D eigenvalue weighted by Crippen LogP contribution is 2.08. The minimum Gasteiger partial charge on any atom is -0.480 e. The molecule has 0 aromatic carbocycles. The van der Waals surface area contributed by atoms with Crippen molar-refractivity contribution in [2.24, 2.45) is 5.16 Å². The van der Waals surface area contributed by atoms with Gasteiger partial charge >= 0.3 is 12.1 Å². The topological polar surface area (TPSA) is 120 Å². The van der Waals surface area contributed by atoms with Crippen molar-refractivity contribution in [1.29, 1.82) is 0 Å². The van der Waals surface area contributed by atoms with Crippen molar-refractivity contribution >= 4 is 18.3 Å². The summed E-state index contributed by atoms with van der Waals surface area (Å²) in [6.45, 7) is 6.26. The summed E-state index contributed by atoms with van der Waals surface area (Å²) in [6, 6.07) is -0.959. The van der Waals surface area contributed by atoms with Crippen LogP contribution in [-0.4, -0.2) is 53.3 Å². The second-order valence-electron chi connectivity index (χ2n) is 5.54. The molecule has 8 heteroatoms. The van der Waals surface area contributed by atoms with Crippen LogP contribution >= 0.6 is 0 Å². The summed E-state index contributed by atoms with van der Waals surface area (Å²) in [7, 11) is 0. The zero-order chi connectivity index (χ0) is 16.3. The van der Waals surface area contributed by atoms with Crippen molar-refractivity contribution in [2.45, 2.75) is 51.7 Å². The molecule has 0 rings (SSSR count). The number of aliphatic carboxylic acids is 1. The van der Waals surface area contributed by atoms with Crippen molar-refractivity contribution < 1.29 is 24.6 Å². The molecule has 0 aliphatic carbocycles. The van der Waals surface area contributed by atoms with Gasteiger partial charge in [0.2, 0.25) is 0 Å². The third-order valence-corrected chi connectivity index (χ3v) is 2.40. The molecular formula is C13H25N3O5. The molecule has 0 aliphatic rings. The number of nitrogens with one attached hydrogen (secondary N) is 2. The SMILES string of the molecule is CC(C)(C)OC(=O)N[C@@H](CCCCNCC=NO)C(=O)O. The zero-order valence-corrected chi connectivity index (χ0v) is 12.8. The Morgan fingerprint density at radius 3 is 2.52 bits per heavy atom. The molecule has 0 fully saturated rings. The van der Waals surface area contributed by atoms with Crippen LogP contribution < -0.4 is 10.6 Å². The number of ether oxygens (including phenoxy) is 1. The van der Waals surface area contributed by atoms with Crippen LogP contribution in [0.5, 0.6) is 0 Å². The molecule has 0 aromatic rings. The lowest BCUT2D eigenvalue weighted by atomic mass is 10.1. The first-order chi connectivity index (χ1) is 9.76. The lowest BCUT2D eigenvalue weighted by Gasteiger charge is -2.22. The summed E-state index contributed by atoms with van der Waals surface area (Å²) < 4.78 is 5.03. The maximum Gasteiger partial charge on any atom is 0.408 e. The van der Waals surface area contributed by atoms with Gasteiger partial charge in [0, 0.05) is 6.54 Å². The highest BCUT2D eigenvalue weighted by molar-refractivity contribution is 5.79. The fourth-order valence-corrected chi connectivity index (χ4v) is 1.51. The molecule has 21 heavy (non-hydrogen) atoms. The molecule has 0 bridgehead atoms. The maximum atomic E-state index is 11.5. The normalized spacial score (nSPS) is 13.1. The van der Waals surface area contributed by atoms with Crippen molar-refractivity contribution in [3.63, 3.8) is 0 Å². The maximum absolute atomic E-state index is 11.5. The first-order valence-electron chi connectivity index (χ1n) is 6.85. The summed E-state index contributed by atoms with van der Waals surface area (Å²) in [4.78, 5) is 22.6. The van der Waals surface area contributed by atoms with Gasteiger partial charge < -0.3 is 25.7 Å². The van der Waals surface area contributed by atoms with Gasteiger partial charge in [0.1, 0.15) is 11.6 Å². The lowest BCUT2D eigenvalue weighted by Crippen LogP contribution is -2.43. The monoisotopic (exact) mass is 303 g/mol. The van der Waals surface area contributed by atoms with Gasteiger partial charge in [0.25, 0.3) is 0 Å². The Morgan fingerprint density at radius 1 is 1.33 bits per heavy atom. The third-order valence-electron chi connectivity index (χ3n) is 2.40. The number of amides is 1. The van der Waals surface area contributed by atoms with Gasteiger partial charge in [0.05, 0.1) is 6.21 Å². The number of nitrogens with zero attached hydrogens (tertiary/aromatic N) is 1. The van der Waals surface area contributed by atoms with Crippen molar-refractivity contribution in [1.82, 2.24) is 10.6 Å². The molecule has 122 valence electrons. The van der Waals surface area contributed by atoms with Gasteiger partial charge in [-0.1, -0.05) is 0 Å². The molecule has 8 nitrogen and oxygen atoms in total. The number of alkyl carbamates (subject to hydrolysis) is 1. The van der Waals surface area contributed by atoms with E-state index < -0.39 is 23.7 Å². The molecule has 0 aliphatic heterocycles. The summed E-state index contributed by atoms with van der Waals surface area (Å²) in [5.74, 6) is -1.08. The molecule has 1 atom stereocenters. The molecule has 0 spiro atoms. The van der Waals surface area contributed by atoms with Gasteiger partial charge in [-0.25, -0.2) is 9.59 Å². The Hall–Kier alpha value is -1.83. The fourth-order valence-electron chi connectivity index (χ4n) is 1.51. The number of carboxylic acid groups (broad SMARTS) is 1. The molecule has 0 unspecified atom stereocenters. The summed E-state index contributed by atoms with van der Waals surface area (Å²) >= 11 is 0.